The smallest absolute Gasteiger partial charge is 0.180 e. The molecule has 40 valence electrons. The zero-order valence-corrected chi connectivity index (χ0v) is 3.79. The van der Waals surface area contributed by atoms with Crippen molar-refractivity contribution in [3.05, 3.63) is 5.21 Å². The number of hydroxylamine groups is 2. The van der Waals surface area contributed by atoms with Crippen LogP contribution in [0.2, 0.25) is 0 Å². The van der Waals surface area contributed by atoms with Crippen molar-refractivity contribution in [3.8, 4) is 0 Å². The Kier molecular flexibility index (Phi) is 0.867. The third-order valence-corrected chi connectivity index (χ3v) is 0.832. The van der Waals surface area contributed by atoms with Crippen LogP contribution in [0, 0.1) is 5.21 Å². The molecule has 0 bridgehead atoms. The first-order chi connectivity index (χ1) is 3.30. The molecule has 0 aromatic heterocycles. The van der Waals surface area contributed by atoms with Gasteiger partial charge < -0.3 is 16.0 Å². The van der Waals surface area contributed by atoms with Crippen LogP contribution in [0.4, 0.5) is 0 Å². The van der Waals surface area contributed by atoms with E-state index in [1.807, 2.05) is 0 Å². The second kappa shape index (κ2) is 1.38. The van der Waals surface area contributed by atoms with Crippen LogP contribution in [0.15, 0.2) is 4.99 Å². The van der Waals surface area contributed by atoms with Gasteiger partial charge in [-0.2, -0.15) is 0 Å². The second-order valence-electron chi connectivity index (χ2n) is 1.34. The summed E-state index contributed by atoms with van der Waals surface area (Å²) in [6, 6.07) is 0. The maximum Gasteiger partial charge on any atom is 0.180 e. The summed E-state index contributed by atoms with van der Waals surface area (Å²) < 4.78 is 0. The van der Waals surface area contributed by atoms with Gasteiger partial charge in [0, 0.05) is 6.54 Å². The summed E-state index contributed by atoms with van der Waals surface area (Å²) in [5, 5.41) is 10.9. The summed E-state index contributed by atoms with van der Waals surface area (Å²) in [5.41, 5.74) is 5.04. The topological polar surface area (TPSA) is 64.7 Å². The molecule has 0 spiro atoms. The fourth-order valence-electron chi connectivity index (χ4n) is 0.449. The molecule has 7 heavy (non-hydrogen) atoms. The highest BCUT2D eigenvalue weighted by molar-refractivity contribution is 5.79. The first-order valence-corrected chi connectivity index (χ1v) is 2.05. The van der Waals surface area contributed by atoms with Gasteiger partial charge in [-0.1, -0.05) is 0 Å². The normalized spacial score (nSPS) is 20.1. The van der Waals surface area contributed by atoms with Crippen LogP contribution in [0.25, 0.3) is 0 Å². The Morgan fingerprint density at radius 3 is 2.71 bits per heavy atom. The molecule has 2 N–H and O–H groups in total. The van der Waals surface area contributed by atoms with Gasteiger partial charge in [-0.15, -0.1) is 0 Å². The Labute approximate surface area is 41.2 Å². The van der Waals surface area contributed by atoms with Crippen LogP contribution >= 0.6 is 0 Å². The maximum absolute atomic E-state index is 10.2. The van der Waals surface area contributed by atoms with Gasteiger partial charge in [0.1, 0.15) is 0 Å². The van der Waals surface area contributed by atoms with Crippen LogP contribution < -0.4 is 5.73 Å². The van der Waals surface area contributed by atoms with Gasteiger partial charge >= 0.3 is 0 Å². The van der Waals surface area contributed by atoms with Gasteiger partial charge in [0.05, 0.1) is 6.54 Å². The first-order valence-electron chi connectivity index (χ1n) is 2.05. The van der Waals surface area contributed by atoms with Crippen molar-refractivity contribution in [1.82, 2.24) is 5.06 Å². The Bertz CT molecular complexity index is 100. The van der Waals surface area contributed by atoms with E-state index in [2.05, 4.69) is 4.99 Å². The van der Waals surface area contributed by atoms with Crippen LogP contribution in [0.3, 0.4) is 0 Å². The third kappa shape index (κ3) is 0.640. The minimum Gasteiger partial charge on any atom is -0.756 e. The van der Waals surface area contributed by atoms with E-state index in [0.29, 0.717) is 18.2 Å². The molecule has 0 fully saturated rings. The third-order valence-electron chi connectivity index (χ3n) is 0.832. The summed E-state index contributed by atoms with van der Waals surface area (Å²) in [6.45, 7) is 0.973. The molecule has 4 nitrogen and oxygen atoms in total. The lowest BCUT2D eigenvalue weighted by Gasteiger charge is -2.21. The van der Waals surface area contributed by atoms with Crippen LogP contribution in [-0.2, 0) is 0 Å². The molecule has 1 rings (SSSR count). The summed E-state index contributed by atoms with van der Waals surface area (Å²) in [7, 11) is 0. The van der Waals surface area contributed by atoms with Crippen LogP contribution in [0.1, 0.15) is 0 Å². The number of nitrogens with two attached hydrogens (primary N) is 1. The van der Waals surface area contributed by atoms with E-state index in [9.17, 15) is 5.21 Å². The molecule has 0 saturated heterocycles. The summed E-state index contributed by atoms with van der Waals surface area (Å²) >= 11 is 0. The van der Waals surface area contributed by atoms with Crippen LogP contribution in [0.5, 0.6) is 0 Å². The molecule has 0 atom stereocenters. The second-order valence-corrected chi connectivity index (χ2v) is 1.34. The lowest BCUT2D eigenvalue weighted by Crippen LogP contribution is -2.27. The highest BCUT2D eigenvalue weighted by atomic mass is 16.5. The van der Waals surface area contributed by atoms with E-state index in [1.165, 1.54) is 0 Å². The Morgan fingerprint density at radius 1 is 1.86 bits per heavy atom. The fraction of sp³-hybridized carbons (Fsp3) is 0.667. The average Bonchev–Trinajstić information content (AvgIpc) is 1.91. The van der Waals surface area contributed by atoms with E-state index in [0.717, 1.165) is 0 Å². The number of guanidine groups is 1. The Hall–Kier alpha value is -0.770. The number of nitrogens with zero attached hydrogens (tertiary/aromatic N) is 2. The van der Waals surface area contributed by atoms with E-state index in [4.69, 9.17) is 5.73 Å². The van der Waals surface area contributed by atoms with Crippen molar-refractivity contribution >= 4 is 5.96 Å². The number of aliphatic imine (C=N–C) groups is 1. The molecular weight excluding hydrogens is 94.1 g/mol. The average molecular weight is 100 g/mol. The van der Waals surface area contributed by atoms with Crippen LogP contribution in [-0.4, -0.2) is 24.1 Å². The molecule has 0 saturated carbocycles. The van der Waals surface area contributed by atoms with Gasteiger partial charge in [0.15, 0.2) is 5.96 Å². The van der Waals surface area contributed by atoms with Gasteiger partial charge in [0.25, 0.3) is 0 Å². The summed E-state index contributed by atoms with van der Waals surface area (Å²) in [6.07, 6.45) is 0. The predicted octanol–water partition coefficient (Wildman–Crippen LogP) is -0.885. The summed E-state index contributed by atoms with van der Waals surface area (Å²) in [5.74, 6) is 0.111. The molecule has 0 unspecified atom stereocenters. The maximum atomic E-state index is 10.2. The van der Waals surface area contributed by atoms with Crippen molar-refractivity contribution in [2.75, 3.05) is 13.1 Å². The fourth-order valence-corrected chi connectivity index (χ4v) is 0.449. The van der Waals surface area contributed by atoms with Crippen molar-refractivity contribution in [2.45, 2.75) is 0 Å². The van der Waals surface area contributed by atoms with Crippen molar-refractivity contribution in [2.24, 2.45) is 10.7 Å². The molecule has 0 amide bonds. The molecule has 0 radical (unpaired) electrons. The first kappa shape index (κ1) is 4.39. The van der Waals surface area contributed by atoms with Gasteiger partial charge in [0.2, 0.25) is 0 Å². The molecular formula is C3H6N3O-. The SMILES string of the molecule is NC1=NCCN1[O-]. The van der Waals surface area contributed by atoms with Crippen molar-refractivity contribution in [3.63, 3.8) is 0 Å². The molecule has 1 heterocycles. The van der Waals surface area contributed by atoms with Gasteiger partial charge in [-0.25, -0.2) is 0 Å². The lowest BCUT2D eigenvalue weighted by atomic mass is 10.7. The number of hydrogen-bond acceptors (Lipinski definition) is 4. The minimum absolute atomic E-state index is 0.111. The van der Waals surface area contributed by atoms with Gasteiger partial charge in [-0.3, -0.25) is 4.99 Å². The summed E-state index contributed by atoms with van der Waals surface area (Å²) in [4.78, 5) is 3.62. The molecule has 1 aliphatic heterocycles. The quantitative estimate of drug-likeness (QED) is 0.429. The highest BCUT2D eigenvalue weighted by Crippen LogP contribution is 1.91. The molecule has 0 aromatic carbocycles. The zero-order valence-electron chi connectivity index (χ0n) is 3.79. The highest BCUT2D eigenvalue weighted by Gasteiger charge is 2.00. The van der Waals surface area contributed by atoms with Gasteiger partial charge in [-0.05, 0) is 0 Å². The van der Waals surface area contributed by atoms with E-state index in [-0.39, 0.29) is 5.96 Å². The number of rotatable bonds is 0. The monoisotopic (exact) mass is 100 g/mol. The molecule has 0 aliphatic carbocycles. The van der Waals surface area contributed by atoms with E-state index in [1.54, 1.807) is 0 Å². The van der Waals surface area contributed by atoms with E-state index < -0.39 is 0 Å². The van der Waals surface area contributed by atoms with E-state index >= 15 is 0 Å². The largest absolute Gasteiger partial charge is 0.756 e. The zero-order chi connectivity index (χ0) is 5.28. The number of hydrogen-bond donors (Lipinski definition) is 1. The Balaban J connectivity index is 2.54. The molecule has 1 aliphatic rings. The lowest BCUT2D eigenvalue weighted by molar-refractivity contribution is 0.610. The molecule has 0 aromatic rings. The van der Waals surface area contributed by atoms with Crippen molar-refractivity contribution in [1.29, 1.82) is 0 Å². The Morgan fingerprint density at radius 2 is 2.57 bits per heavy atom. The molecule has 4 heteroatoms. The minimum atomic E-state index is 0.111. The predicted molar refractivity (Wildman–Crippen MR) is 26.6 cm³/mol. The van der Waals surface area contributed by atoms with Crippen molar-refractivity contribution < 1.29 is 0 Å². The standard InChI is InChI=1S/C3H6N3O/c4-3-5-1-2-6(3)7/h1-2H2,(H2,4,5)/q-1.